The Labute approximate surface area is 139 Å². The number of carboxylic acids is 2. The maximum atomic E-state index is 10.2. The number of benzene rings is 2. The Bertz CT molecular complexity index is 526. The molecular formula is C15H15NaO4. The van der Waals surface area contributed by atoms with Crippen LogP contribution >= 0.6 is 0 Å². The molecule has 5 heteroatoms. The summed E-state index contributed by atoms with van der Waals surface area (Å²) in [5.74, 6) is -1.66. The maximum absolute atomic E-state index is 10.2. The summed E-state index contributed by atoms with van der Waals surface area (Å²) in [4.78, 5) is 20.4. The Morgan fingerprint density at radius 1 is 0.800 bits per heavy atom. The number of hydrogen-bond acceptors (Lipinski definition) is 2. The minimum absolute atomic E-state index is 0. The van der Waals surface area contributed by atoms with Crippen LogP contribution in [0.4, 0.5) is 0 Å². The molecule has 0 unspecified atom stereocenters. The van der Waals surface area contributed by atoms with Crippen LogP contribution in [0, 0.1) is 0 Å². The third-order valence-electron chi connectivity index (χ3n) is 2.22. The molecular weight excluding hydrogens is 267 g/mol. The van der Waals surface area contributed by atoms with Crippen molar-refractivity contribution in [3.8, 4) is 0 Å². The van der Waals surface area contributed by atoms with Crippen LogP contribution in [-0.4, -0.2) is 51.7 Å². The van der Waals surface area contributed by atoms with Crippen LogP contribution in [0.2, 0.25) is 0 Å². The van der Waals surface area contributed by atoms with Crippen molar-refractivity contribution >= 4 is 41.5 Å². The van der Waals surface area contributed by atoms with Crippen molar-refractivity contribution in [3.63, 3.8) is 0 Å². The molecule has 0 aliphatic rings. The fourth-order valence-electron chi connectivity index (χ4n) is 1.35. The van der Waals surface area contributed by atoms with Crippen LogP contribution in [-0.2, 0) is 11.2 Å². The number of aliphatic carboxylic acids is 1. The Morgan fingerprint density at radius 3 is 1.60 bits per heavy atom. The van der Waals surface area contributed by atoms with Crippen molar-refractivity contribution in [1.29, 1.82) is 0 Å². The predicted octanol–water partition coefficient (Wildman–Crippen LogP) is 2.05. The normalized spacial score (nSPS) is 8.60. The number of carboxylic acid groups (broad SMARTS) is 2. The second kappa shape index (κ2) is 10.2. The first-order chi connectivity index (χ1) is 9.09. The molecule has 0 spiro atoms. The van der Waals surface area contributed by atoms with E-state index in [0.717, 1.165) is 5.56 Å². The molecule has 2 aromatic carbocycles. The van der Waals surface area contributed by atoms with E-state index in [2.05, 4.69) is 0 Å². The van der Waals surface area contributed by atoms with Gasteiger partial charge in [0.2, 0.25) is 0 Å². The standard InChI is InChI=1S/C8H8O2.C7H6O2.Na.H/c9-8(10)6-7-4-2-1-3-5-7;8-7(9)6-4-2-1-3-5-6;;/h1-5H,6H2,(H,9,10);1-5H,(H,8,9);;. The van der Waals surface area contributed by atoms with E-state index in [0.29, 0.717) is 5.56 Å². The van der Waals surface area contributed by atoms with E-state index < -0.39 is 11.9 Å². The van der Waals surface area contributed by atoms with Gasteiger partial charge < -0.3 is 10.2 Å². The fraction of sp³-hybridized carbons (Fsp3) is 0.0667. The zero-order valence-electron chi connectivity index (χ0n) is 10.2. The van der Waals surface area contributed by atoms with Crippen LogP contribution in [0.5, 0.6) is 0 Å². The van der Waals surface area contributed by atoms with Gasteiger partial charge in [-0.1, -0.05) is 48.5 Å². The first-order valence-electron chi connectivity index (χ1n) is 5.63. The summed E-state index contributed by atoms with van der Waals surface area (Å²) in [7, 11) is 0. The van der Waals surface area contributed by atoms with E-state index in [4.69, 9.17) is 10.2 Å². The molecule has 100 valence electrons. The monoisotopic (exact) mass is 282 g/mol. The molecule has 0 bridgehead atoms. The minimum atomic E-state index is -0.879. The summed E-state index contributed by atoms with van der Waals surface area (Å²) in [5, 5.41) is 16.8. The number of hydrogen-bond donors (Lipinski definition) is 2. The van der Waals surface area contributed by atoms with Crippen molar-refractivity contribution in [1.82, 2.24) is 0 Å². The first-order valence-corrected chi connectivity index (χ1v) is 5.63. The average molecular weight is 282 g/mol. The Kier molecular flexibility index (Phi) is 9.38. The van der Waals surface area contributed by atoms with Crippen molar-refractivity contribution in [2.24, 2.45) is 0 Å². The van der Waals surface area contributed by atoms with Crippen LogP contribution < -0.4 is 0 Å². The van der Waals surface area contributed by atoms with E-state index in [1.165, 1.54) is 0 Å². The molecule has 0 heterocycles. The van der Waals surface area contributed by atoms with Crippen molar-refractivity contribution in [2.45, 2.75) is 6.42 Å². The molecule has 0 aromatic heterocycles. The van der Waals surface area contributed by atoms with E-state index in [9.17, 15) is 9.59 Å². The van der Waals surface area contributed by atoms with Crippen LogP contribution in [0.1, 0.15) is 15.9 Å². The van der Waals surface area contributed by atoms with Gasteiger partial charge in [0.1, 0.15) is 0 Å². The molecule has 2 N–H and O–H groups in total. The fourth-order valence-corrected chi connectivity index (χ4v) is 1.35. The third kappa shape index (κ3) is 7.74. The van der Waals surface area contributed by atoms with Gasteiger partial charge in [-0.25, -0.2) is 4.79 Å². The van der Waals surface area contributed by atoms with Gasteiger partial charge in [-0.3, -0.25) is 4.79 Å². The van der Waals surface area contributed by atoms with Crippen molar-refractivity contribution in [2.75, 3.05) is 0 Å². The summed E-state index contributed by atoms with van der Waals surface area (Å²) in [6.45, 7) is 0. The molecule has 20 heavy (non-hydrogen) atoms. The molecule has 0 fully saturated rings. The summed E-state index contributed by atoms with van der Waals surface area (Å²) in [6, 6.07) is 17.4. The van der Waals surface area contributed by atoms with Crippen LogP contribution in [0.25, 0.3) is 0 Å². The van der Waals surface area contributed by atoms with E-state index in [-0.39, 0.29) is 36.0 Å². The molecule has 0 aliphatic heterocycles. The number of aromatic carboxylic acids is 1. The molecule has 0 saturated carbocycles. The van der Waals surface area contributed by atoms with Gasteiger partial charge in [0.25, 0.3) is 0 Å². The van der Waals surface area contributed by atoms with Crippen molar-refractivity contribution in [3.05, 3.63) is 71.8 Å². The molecule has 2 rings (SSSR count). The van der Waals surface area contributed by atoms with E-state index >= 15 is 0 Å². The van der Waals surface area contributed by atoms with Gasteiger partial charge in [0.15, 0.2) is 0 Å². The molecule has 0 atom stereocenters. The third-order valence-corrected chi connectivity index (χ3v) is 2.22. The number of rotatable bonds is 3. The Hall–Kier alpha value is -1.62. The molecule has 0 saturated heterocycles. The topological polar surface area (TPSA) is 74.6 Å². The van der Waals surface area contributed by atoms with Crippen molar-refractivity contribution < 1.29 is 19.8 Å². The second-order valence-corrected chi connectivity index (χ2v) is 3.73. The van der Waals surface area contributed by atoms with Gasteiger partial charge in [-0.2, -0.15) is 0 Å². The summed E-state index contributed by atoms with van der Waals surface area (Å²) < 4.78 is 0. The van der Waals surface area contributed by atoms with Gasteiger partial charge in [0, 0.05) is 0 Å². The van der Waals surface area contributed by atoms with Gasteiger partial charge >= 0.3 is 41.5 Å². The zero-order chi connectivity index (χ0) is 14.1. The molecule has 4 nitrogen and oxygen atoms in total. The van der Waals surface area contributed by atoms with E-state index in [1.54, 1.807) is 42.5 Å². The van der Waals surface area contributed by atoms with Crippen LogP contribution in [0.15, 0.2) is 60.7 Å². The first kappa shape index (κ1) is 18.4. The average Bonchev–Trinajstić information content (AvgIpc) is 2.41. The predicted molar refractivity (Wildman–Crippen MR) is 78.3 cm³/mol. The Balaban J connectivity index is 0.000000345. The molecule has 2 aromatic rings. The summed E-state index contributed by atoms with van der Waals surface area (Å²) in [6.07, 6.45) is 0.112. The van der Waals surface area contributed by atoms with Gasteiger partial charge in [-0.15, -0.1) is 0 Å². The van der Waals surface area contributed by atoms with Gasteiger partial charge in [0.05, 0.1) is 12.0 Å². The molecule has 0 amide bonds. The SMILES string of the molecule is O=C(O)Cc1ccccc1.O=C(O)c1ccccc1.[NaH]. The quantitative estimate of drug-likeness (QED) is 0.845. The molecule has 0 radical (unpaired) electrons. The summed E-state index contributed by atoms with van der Waals surface area (Å²) in [5.41, 5.74) is 1.17. The van der Waals surface area contributed by atoms with Gasteiger partial charge in [-0.05, 0) is 17.7 Å². The second-order valence-electron chi connectivity index (χ2n) is 3.73. The number of carbonyl (C=O) groups is 2. The van der Waals surface area contributed by atoms with Crippen LogP contribution in [0.3, 0.4) is 0 Å². The van der Waals surface area contributed by atoms with E-state index in [1.807, 2.05) is 18.2 Å². The Morgan fingerprint density at radius 2 is 1.25 bits per heavy atom. The molecule has 0 aliphatic carbocycles. The summed E-state index contributed by atoms with van der Waals surface area (Å²) >= 11 is 0. The zero-order valence-corrected chi connectivity index (χ0v) is 10.2.